The predicted octanol–water partition coefficient (Wildman–Crippen LogP) is 1.41. The minimum Gasteiger partial charge on any atom is -0.480 e. The van der Waals surface area contributed by atoms with Crippen LogP contribution in [-0.2, 0) is 14.3 Å². The number of aliphatic carboxylic acids is 1. The van der Waals surface area contributed by atoms with Crippen molar-refractivity contribution in [2.75, 3.05) is 6.61 Å². The molecule has 0 aromatic carbocycles. The van der Waals surface area contributed by atoms with Crippen LogP contribution in [-0.4, -0.2) is 41.3 Å². The van der Waals surface area contributed by atoms with E-state index in [2.05, 4.69) is 10.6 Å². The summed E-state index contributed by atoms with van der Waals surface area (Å²) < 4.78 is 4.79. The number of urea groups is 1. The fraction of sp³-hybridized carbons (Fsp3) is 0.786. The van der Waals surface area contributed by atoms with Crippen LogP contribution in [0.5, 0.6) is 0 Å². The third-order valence-electron chi connectivity index (χ3n) is 3.71. The molecule has 3 N–H and O–H groups in total. The maximum atomic E-state index is 12.0. The molecule has 1 saturated carbocycles. The lowest BCUT2D eigenvalue weighted by atomic mass is 9.90. The van der Waals surface area contributed by atoms with Gasteiger partial charge in [0.05, 0.1) is 6.61 Å². The van der Waals surface area contributed by atoms with E-state index in [1.807, 2.05) is 0 Å². The van der Waals surface area contributed by atoms with E-state index in [-0.39, 0.29) is 6.61 Å². The van der Waals surface area contributed by atoms with Gasteiger partial charge in [-0.15, -0.1) is 0 Å². The minimum absolute atomic E-state index is 0.228. The normalized spacial score (nSPS) is 19.0. The Morgan fingerprint density at radius 2 is 1.76 bits per heavy atom. The highest BCUT2D eigenvalue weighted by molar-refractivity contribution is 5.88. The Morgan fingerprint density at radius 1 is 1.19 bits per heavy atom. The fourth-order valence-electron chi connectivity index (χ4n) is 2.50. The maximum absolute atomic E-state index is 12.0. The zero-order valence-corrected chi connectivity index (χ0v) is 12.6. The molecule has 0 aromatic heterocycles. The van der Waals surface area contributed by atoms with E-state index >= 15 is 0 Å². The highest BCUT2D eigenvalue weighted by Gasteiger charge is 2.40. The largest absolute Gasteiger partial charge is 0.480 e. The summed E-state index contributed by atoms with van der Waals surface area (Å²) >= 11 is 0. The molecule has 0 heterocycles. The maximum Gasteiger partial charge on any atom is 0.329 e. The van der Waals surface area contributed by atoms with Crippen LogP contribution in [0.2, 0.25) is 0 Å². The highest BCUT2D eigenvalue weighted by Crippen LogP contribution is 2.27. The summed E-state index contributed by atoms with van der Waals surface area (Å²) in [4.78, 5) is 35.0. The van der Waals surface area contributed by atoms with Crippen molar-refractivity contribution >= 4 is 18.0 Å². The Kier molecular flexibility index (Phi) is 6.45. The van der Waals surface area contributed by atoms with Gasteiger partial charge in [0.2, 0.25) is 0 Å². The predicted molar refractivity (Wildman–Crippen MR) is 75.8 cm³/mol. The number of carbonyl (C=O) groups is 3. The molecule has 7 heteroatoms. The summed E-state index contributed by atoms with van der Waals surface area (Å²) in [5.74, 6) is -1.57. The first-order valence-corrected chi connectivity index (χ1v) is 7.40. The lowest BCUT2D eigenvalue weighted by Crippen LogP contribution is -2.58. The molecule has 120 valence electrons. The number of amides is 2. The van der Waals surface area contributed by atoms with Gasteiger partial charge in [0.25, 0.3) is 0 Å². The highest BCUT2D eigenvalue weighted by atomic mass is 16.5. The molecule has 0 spiro atoms. The Labute approximate surface area is 124 Å². The van der Waals surface area contributed by atoms with Crippen molar-refractivity contribution in [3.05, 3.63) is 0 Å². The second-order valence-corrected chi connectivity index (χ2v) is 5.37. The summed E-state index contributed by atoms with van der Waals surface area (Å²) in [6.07, 6.45) is 4.28. The minimum atomic E-state index is -1.24. The molecule has 21 heavy (non-hydrogen) atoms. The molecule has 1 aliphatic rings. The molecular formula is C14H24N2O5. The van der Waals surface area contributed by atoms with Gasteiger partial charge in [0.1, 0.15) is 11.6 Å². The van der Waals surface area contributed by atoms with Crippen LogP contribution in [0.4, 0.5) is 4.79 Å². The van der Waals surface area contributed by atoms with Crippen molar-refractivity contribution in [1.82, 2.24) is 10.6 Å². The van der Waals surface area contributed by atoms with Gasteiger partial charge in [-0.25, -0.2) is 14.4 Å². The van der Waals surface area contributed by atoms with Gasteiger partial charge in [0.15, 0.2) is 0 Å². The van der Waals surface area contributed by atoms with E-state index in [4.69, 9.17) is 4.74 Å². The van der Waals surface area contributed by atoms with Gasteiger partial charge in [0, 0.05) is 0 Å². The number of rotatable bonds is 5. The topological polar surface area (TPSA) is 105 Å². The number of nitrogens with one attached hydrogen (secondary N) is 2. The van der Waals surface area contributed by atoms with Gasteiger partial charge in [-0.1, -0.05) is 25.7 Å². The zero-order valence-electron chi connectivity index (χ0n) is 12.6. The molecule has 0 saturated heterocycles. The molecule has 0 aromatic rings. The van der Waals surface area contributed by atoms with Crippen molar-refractivity contribution in [3.63, 3.8) is 0 Å². The Bertz CT molecular complexity index is 389. The molecule has 0 radical (unpaired) electrons. The zero-order chi connectivity index (χ0) is 15.9. The van der Waals surface area contributed by atoms with Crippen LogP contribution in [0.1, 0.15) is 52.4 Å². The van der Waals surface area contributed by atoms with Gasteiger partial charge in [-0.05, 0) is 26.7 Å². The van der Waals surface area contributed by atoms with E-state index in [1.165, 1.54) is 6.92 Å². The number of hydrogen-bond donors (Lipinski definition) is 3. The van der Waals surface area contributed by atoms with Crippen LogP contribution in [0.3, 0.4) is 0 Å². The van der Waals surface area contributed by atoms with E-state index in [9.17, 15) is 19.5 Å². The SMILES string of the molecule is CCOC(=O)C(C)NC(=O)NC1(C(=O)O)CCCCCC1. The van der Waals surface area contributed by atoms with Gasteiger partial charge < -0.3 is 20.5 Å². The van der Waals surface area contributed by atoms with Crippen molar-refractivity contribution in [1.29, 1.82) is 0 Å². The van der Waals surface area contributed by atoms with Gasteiger partial charge >= 0.3 is 18.0 Å². The first-order chi connectivity index (χ1) is 9.91. The molecule has 1 rings (SSSR count). The molecular weight excluding hydrogens is 276 g/mol. The Hall–Kier alpha value is -1.79. The summed E-state index contributed by atoms with van der Waals surface area (Å²) in [7, 11) is 0. The smallest absolute Gasteiger partial charge is 0.329 e. The average molecular weight is 300 g/mol. The average Bonchev–Trinajstić information content (AvgIpc) is 2.65. The van der Waals surface area contributed by atoms with Crippen molar-refractivity contribution < 1.29 is 24.2 Å². The first-order valence-electron chi connectivity index (χ1n) is 7.40. The van der Waals surface area contributed by atoms with Gasteiger partial charge in [-0.2, -0.15) is 0 Å². The van der Waals surface area contributed by atoms with Crippen LogP contribution in [0, 0.1) is 0 Å². The summed E-state index contributed by atoms with van der Waals surface area (Å²) in [5.41, 5.74) is -1.24. The van der Waals surface area contributed by atoms with Crippen molar-refractivity contribution in [2.24, 2.45) is 0 Å². The Morgan fingerprint density at radius 3 is 2.24 bits per heavy atom. The number of carboxylic acid groups (broad SMARTS) is 1. The number of hydrogen-bond acceptors (Lipinski definition) is 4. The number of esters is 1. The number of ether oxygens (including phenoxy) is 1. The number of carboxylic acids is 1. The lowest BCUT2D eigenvalue weighted by Gasteiger charge is -2.29. The van der Waals surface area contributed by atoms with E-state index in [0.29, 0.717) is 12.8 Å². The van der Waals surface area contributed by atoms with E-state index in [1.54, 1.807) is 6.92 Å². The van der Waals surface area contributed by atoms with Crippen molar-refractivity contribution in [2.45, 2.75) is 64.0 Å². The molecule has 2 amide bonds. The van der Waals surface area contributed by atoms with Crippen LogP contribution < -0.4 is 10.6 Å². The Balaban J connectivity index is 2.64. The summed E-state index contributed by atoms with van der Waals surface area (Å²) in [5, 5.41) is 14.4. The lowest BCUT2D eigenvalue weighted by molar-refractivity contribution is -0.145. The second kappa shape index (κ2) is 7.85. The van der Waals surface area contributed by atoms with Crippen LogP contribution >= 0.6 is 0 Å². The second-order valence-electron chi connectivity index (χ2n) is 5.37. The van der Waals surface area contributed by atoms with Crippen LogP contribution in [0.15, 0.2) is 0 Å². The first kappa shape index (κ1) is 17.3. The fourth-order valence-corrected chi connectivity index (χ4v) is 2.50. The molecule has 0 bridgehead atoms. The monoisotopic (exact) mass is 300 g/mol. The van der Waals surface area contributed by atoms with E-state index < -0.39 is 29.6 Å². The third kappa shape index (κ3) is 4.91. The molecule has 1 fully saturated rings. The summed E-state index contributed by atoms with van der Waals surface area (Å²) in [6, 6.07) is -1.47. The quantitative estimate of drug-likeness (QED) is 0.526. The van der Waals surface area contributed by atoms with Crippen molar-refractivity contribution in [3.8, 4) is 0 Å². The summed E-state index contributed by atoms with van der Waals surface area (Å²) in [6.45, 7) is 3.40. The molecule has 1 aliphatic carbocycles. The molecule has 1 atom stereocenters. The standard InChI is InChI=1S/C14H24N2O5/c1-3-21-11(17)10(2)15-13(20)16-14(12(18)19)8-6-4-5-7-9-14/h10H,3-9H2,1-2H3,(H,18,19)(H2,15,16,20). The van der Waals surface area contributed by atoms with E-state index in [0.717, 1.165) is 25.7 Å². The molecule has 7 nitrogen and oxygen atoms in total. The van der Waals surface area contributed by atoms with Gasteiger partial charge in [-0.3, -0.25) is 0 Å². The molecule has 0 aliphatic heterocycles. The van der Waals surface area contributed by atoms with Crippen LogP contribution in [0.25, 0.3) is 0 Å². The third-order valence-corrected chi connectivity index (χ3v) is 3.71. The number of carbonyl (C=O) groups excluding carboxylic acids is 2. The molecule has 1 unspecified atom stereocenters.